The lowest BCUT2D eigenvalue weighted by molar-refractivity contribution is 0.145. The minimum absolute atomic E-state index is 0.448. The quantitative estimate of drug-likeness (QED) is 0.323. The molecule has 0 aliphatic rings. The van der Waals surface area contributed by atoms with Gasteiger partial charge in [-0.1, -0.05) is 6.92 Å². The van der Waals surface area contributed by atoms with Gasteiger partial charge in [0.2, 0.25) is 0 Å². The second kappa shape index (κ2) is 12.1. The highest BCUT2D eigenvalue weighted by molar-refractivity contribution is 5.68. The van der Waals surface area contributed by atoms with Crippen molar-refractivity contribution in [2.24, 2.45) is 4.99 Å². The first-order chi connectivity index (χ1) is 12.5. The fourth-order valence-corrected chi connectivity index (χ4v) is 2.31. The van der Waals surface area contributed by atoms with Crippen LogP contribution in [-0.4, -0.2) is 77.3 Å². The van der Waals surface area contributed by atoms with Crippen molar-refractivity contribution in [2.75, 3.05) is 61.2 Å². The molecule has 1 aromatic carbocycles. The van der Waals surface area contributed by atoms with Crippen LogP contribution >= 0.6 is 0 Å². The summed E-state index contributed by atoms with van der Waals surface area (Å²) < 4.78 is 16.4. The van der Waals surface area contributed by atoms with E-state index >= 15 is 0 Å². The average molecular weight is 362 g/mol. The Labute approximate surface area is 156 Å². The molecule has 0 spiro atoms. The molecule has 0 saturated heterocycles. The van der Waals surface area contributed by atoms with E-state index in [1.807, 2.05) is 19.0 Å². The van der Waals surface area contributed by atoms with Gasteiger partial charge in [-0.2, -0.15) is 5.26 Å². The number of benzene rings is 1. The van der Waals surface area contributed by atoms with Crippen LogP contribution in [0.2, 0.25) is 0 Å². The SMILES string of the molecule is CCN(CCCOc1cc(N=CN(C)C)c(C#N)cc1OC)CCOC. The van der Waals surface area contributed by atoms with Crippen molar-refractivity contribution in [1.82, 2.24) is 9.80 Å². The van der Waals surface area contributed by atoms with Crippen molar-refractivity contribution in [2.45, 2.75) is 13.3 Å². The Kier molecular flexibility index (Phi) is 10.1. The summed E-state index contributed by atoms with van der Waals surface area (Å²) in [4.78, 5) is 8.46. The summed E-state index contributed by atoms with van der Waals surface area (Å²) in [6.45, 7) is 6.25. The first-order valence-corrected chi connectivity index (χ1v) is 8.72. The van der Waals surface area contributed by atoms with E-state index in [9.17, 15) is 5.26 Å². The Morgan fingerprint density at radius 1 is 1.15 bits per heavy atom. The van der Waals surface area contributed by atoms with E-state index in [1.165, 1.54) is 0 Å². The number of hydrogen-bond donors (Lipinski definition) is 0. The Morgan fingerprint density at radius 2 is 1.92 bits per heavy atom. The summed E-state index contributed by atoms with van der Waals surface area (Å²) in [5.74, 6) is 1.13. The number of nitriles is 1. The largest absolute Gasteiger partial charge is 0.493 e. The van der Waals surface area contributed by atoms with Gasteiger partial charge in [0.15, 0.2) is 11.5 Å². The maximum Gasteiger partial charge on any atom is 0.163 e. The molecule has 1 aromatic rings. The average Bonchev–Trinajstić information content (AvgIpc) is 2.65. The Balaban J connectivity index is 2.75. The van der Waals surface area contributed by atoms with Crippen molar-refractivity contribution in [3.05, 3.63) is 17.7 Å². The van der Waals surface area contributed by atoms with E-state index < -0.39 is 0 Å². The maximum absolute atomic E-state index is 9.32. The monoisotopic (exact) mass is 362 g/mol. The van der Waals surface area contributed by atoms with Gasteiger partial charge in [0.05, 0.1) is 37.9 Å². The van der Waals surface area contributed by atoms with Crippen molar-refractivity contribution in [3.8, 4) is 17.6 Å². The van der Waals surface area contributed by atoms with Crippen molar-refractivity contribution >= 4 is 12.0 Å². The second-order valence-corrected chi connectivity index (χ2v) is 5.97. The van der Waals surface area contributed by atoms with Gasteiger partial charge < -0.3 is 24.0 Å². The minimum atomic E-state index is 0.448. The summed E-state index contributed by atoms with van der Waals surface area (Å²) in [6.07, 6.45) is 2.54. The van der Waals surface area contributed by atoms with Gasteiger partial charge in [-0.15, -0.1) is 0 Å². The van der Waals surface area contributed by atoms with Crippen LogP contribution < -0.4 is 9.47 Å². The van der Waals surface area contributed by atoms with Gasteiger partial charge in [-0.25, -0.2) is 4.99 Å². The third kappa shape index (κ3) is 7.30. The summed E-state index contributed by atoms with van der Waals surface area (Å²) in [6, 6.07) is 5.56. The van der Waals surface area contributed by atoms with E-state index in [0.29, 0.717) is 29.4 Å². The zero-order valence-electron chi connectivity index (χ0n) is 16.5. The lowest BCUT2D eigenvalue weighted by Crippen LogP contribution is -2.29. The molecule has 0 saturated carbocycles. The molecule has 0 bridgehead atoms. The molecule has 7 heteroatoms. The van der Waals surface area contributed by atoms with Crippen LogP contribution in [0.1, 0.15) is 18.9 Å². The van der Waals surface area contributed by atoms with E-state index in [1.54, 1.807) is 32.7 Å². The summed E-state index contributed by atoms with van der Waals surface area (Å²) >= 11 is 0. The lowest BCUT2D eigenvalue weighted by atomic mass is 10.1. The molecular formula is C19H30N4O3. The summed E-state index contributed by atoms with van der Waals surface area (Å²) in [7, 11) is 7.03. The Hall–Kier alpha value is -2.30. The molecule has 1 rings (SSSR count). The second-order valence-electron chi connectivity index (χ2n) is 5.97. The van der Waals surface area contributed by atoms with Crippen LogP contribution in [0.4, 0.5) is 5.69 Å². The molecule has 0 aromatic heterocycles. The Morgan fingerprint density at radius 3 is 2.50 bits per heavy atom. The predicted octanol–water partition coefficient (Wildman–Crippen LogP) is 2.53. The summed E-state index contributed by atoms with van der Waals surface area (Å²) in [5, 5.41) is 9.32. The fourth-order valence-electron chi connectivity index (χ4n) is 2.31. The molecule has 26 heavy (non-hydrogen) atoms. The molecule has 0 aliphatic heterocycles. The molecule has 7 nitrogen and oxygen atoms in total. The van der Waals surface area contributed by atoms with Crippen LogP contribution in [0.5, 0.6) is 11.5 Å². The van der Waals surface area contributed by atoms with Gasteiger partial charge >= 0.3 is 0 Å². The zero-order valence-corrected chi connectivity index (χ0v) is 16.5. The lowest BCUT2D eigenvalue weighted by Gasteiger charge is -2.20. The topological polar surface area (TPSA) is 70.3 Å². The van der Waals surface area contributed by atoms with E-state index in [4.69, 9.17) is 14.2 Å². The molecule has 0 atom stereocenters. The number of hydrogen-bond acceptors (Lipinski definition) is 6. The van der Waals surface area contributed by atoms with Crippen LogP contribution in [0.25, 0.3) is 0 Å². The van der Waals surface area contributed by atoms with Crippen molar-refractivity contribution in [1.29, 1.82) is 5.26 Å². The smallest absolute Gasteiger partial charge is 0.163 e. The number of ether oxygens (including phenoxy) is 3. The number of rotatable bonds is 12. The maximum atomic E-state index is 9.32. The van der Waals surface area contributed by atoms with Crippen LogP contribution in [0, 0.1) is 11.3 Å². The van der Waals surface area contributed by atoms with Gasteiger partial charge in [-0.05, 0) is 13.0 Å². The van der Waals surface area contributed by atoms with Crippen molar-refractivity contribution < 1.29 is 14.2 Å². The zero-order chi connectivity index (χ0) is 19.4. The standard InChI is InChI=1S/C19H30N4O3/c1-6-23(9-11-24-4)8-7-10-26-19-13-17(21-15-22(2)3)16(14-20)12-18(19)25-5/h12-13,15H,6-11H2,1-5H3. The minimum Gasteiger partial charge on any atom is -0.493 e. The molecule has 0 fully saturated rings. The highest BCUT2D eigenvalue weighted by atomic mass is 16.5. The van der Waals surface area contributed by atoms with E-state index in [2.05, 4.69) is 22.9 Å². The molecule has 0 amide bonds. The normalized spacial score (nSPS) is 11.0. The van der Waals surface area contributed by atoms with E-state index in [-0.39, 0.29) is 0 Å². The van der Waals surface area contributed by atoms with Gasteiger partial charge in [0, 0.05) is 46.4 Å². The molecule has 0 heterocycles. The molecule has 0 N–H and O–H groups in total. The van der Waals surface area contributed by atoms with Crippen molar-refractivity contribution in [3.63, 3.8) is 0 Å². The fraction of sp³-hybridized carbons (Fsp3) is 0.579. The number of aliphatic imine (C=N–C) groups is 1. The third-order valence-electron chi connectivity index (χ3n) is 3.77. The highest BCUT2D eigenvalue weighted by Crippen LogP contribution is 2.34. The first-order valence-electron chi connectivity index (χ1n) is 8.72. The highest BCUT2D eigenvalue weighted by Gasteiger charge is 2.11. The molecule has 0 radical (unpaired) electrons. The number of nitrogens with zero attached hydrogens (tertiary/aromatic N) is 4. The molecule has 144 valence electrons. The van der Waals surface area contributed by atoms with Gasteiger partial charge in [0.25, 0.3) is 0 Å². The molecule has 0 unspecified atom stereocenters. The van der Waals surface area contributed by atoms with Gasteiger partial charge in [-0.3, -0.25) is 0 Å². The van der Waals surface area contributed by atoms with Gasteiger partial charge in [0.1, 0.15) is 6.07 Å². The first kappa shape index (κ1) is 21.7. The number of methoxy groups -OCH3 is 2. The number of likely N-dealkylation sites (N-methyl/N-ethyl adjacent to an activating group) is 1. The Bertz CT molecular complexity index is 612. The van der Waals surface area contributed by atoms with Crippen LogP contribution in [0.15, 0.2) is 17.1 Å². The third-order valence-corrected chi connectivity index (χ3v) is 3.77. The molecule has 0 aliphatic carbocycles. The van der Waals surface area contributed by atoms with Crippen LogP contribution in [-0.2, 0) is 4.74 Å². The van der Waals surface area contributed by atoms with E-state index in [0.717, 1.165) is 32.7 Å². The predicted molar refractivity (Wildman–Crippen MR) is 104 cm³/mol. The molecular weight excluding hydrogens is 332 g/mol. The van der Waals surface area contributed by atoms with Crippen LogP contribution in [0.3, 0.4) is 0 Å². The summed E-state index contributed by atoms with van der Waals surface area (Å²) in [5.41, 5.74) is 1.01.